The smallest absolute Gasteiger partial charge is 0.255 e. The number of β-amino-alcohol motifs (C(OH)–C–C–N with tert-alkyl or cyclic N) is 1. The van der Waals surface area contributed by atoms with Gasteiger partial charge in [0.25, 0.3) is 5.91 Å². The molecule has 0 saturated carbocycles. The monoisotopic (exact) mass is 374 g/mol. The number of aliphatic hydroxyl groups excluding tert-OH is 1. The summed E-state index contributed by atoms with van der Waals surface area (Å²) in [6.45, 7) is 4.00. The minimum Gasteiger partial charge on any atom is -0.396 e. The van der Waals surface area contributed by atoms with E-state index in [4.69, 9.17) is 5.11 Å². The Morgan fingerprint density at radius 2 is 1.85 bits per heavy atom. The summed E-state index contributed by atoms with van der Waals surface area (Å²) in [6.07, 6.45) is 6.29. The van der Waals surface area contributed by atoms with Gasteiger partial charge < -0.3 is 15.1 Å². The number of benzene rings is 1. The molecule has 2 aliphatic rings. The average Bonchev–Trinajstić information content (AvgIpc) is 2.68. The first-order chi connectivity index (χ1) is 13.1. The average molecular weight is 375 g/mol. The van der Waals surface area contributed by atoms with Crippen LogP contribution in [0.4, 0.5) is 0 Å². The molecule has 0 spiro atoms. The molecule has 2 heterocycles. The molecule has 0 aliphatic carbocycles. The van der Waals surface area contributed by atoms with E-state index in [9.17, 15) is 9.90 Å². The lowest BCUT2D eigenvalue weighted by atomic mass is 9.88. The quantitative estimate of drug-likeness (QED) is 0.731. The summed E-state index contributed by atoms with van der Waals surface area (Å²) in [7, 11) is 0. The fourth-order valence-corrected chi connectivity index (χ4v) is 4.53. The van der Waals surface area contributed by atoms with Crippen LogP contribution in [0.15, 0.2) is 30.3 Å². The molecule has 1 aromatic carbocycles. The lowest BCUT2D eigenvalue weighted by Crippen LogP contribution is -2.59. The Hall–Kier alpha value is -1.43. The van der Waals surface area contributed by atoms with E-state index in [-0.39, 0.29) is 12.5 Å². The molecule has 2 aliphatic heterocycles. The van der Waals surface area contributed by atoms with Crippen molar-refractivity contribution in [3.8, 4) is 0 Å². The number of aliphatic hydroxyl groups is 2. The van der Waals surface area contributed by atoms with Gasteiger partial charge in [0.05, 0.1) is 0 Å². The van der Waals surface area contributed by atoms with Gasteiger partial charge in [-0.1, -0.05) is 30.3 Å². The molecule has 0 aromatic heterocycles. The number of carbonyl (C=O) groups is 1. The molecular formula is C22H34N2O3. The third-order valence-corrected chi connectivity index (χ3v) is 6.17. The fourth-order valence-electron chi connectivity index (χ4n) is 4.53. The molecule has 0 radical (unpaired) electrons. The largest absolute Gasteiger partial charge is 0.396 e. The van der Waals surface area contributed by atoms with Gasteiger partial charge in [0.2, 0.25) is 0 Å². The lowest BCUT2D eigenvalue weighted by Gasteiger charge is -2.42. The van der Waals surface area contributed by atoms with Crippen molar-refractivity contribution in [3.63, 3.8) is 0 Å². The number of hydrogen-bond acceptors (Lipinski definition) is 4. The van der Waals surface area contributed by atoms with E-state index < -0.39 is 5.60 Å². The van der Waals surface area contributed by atoms with E-state index in [1.54, 1.807) is 0 Å². The highest BCUT2D eigenvalue weighted by Gasteiger charge is 2.43. The maximum Gasteiger partial charge on any atom is 0.255 e. The number of amides is 1. The summed E-state index contributed by atoms with van der Waals surface area (Å²) in [5.41, 5.74) is 0.0670. The normalized spacial score (nSPS) is 25.1. The van der Waals surface area contributed by atoms with E-state index in [2.05, 4.69) is 17.0 Å². The predicted octanol–water partition coefficient (Wildman–Crippen LogP) is 2.07. The highest BCUT2D eigenvalue weighted by Crippen LogP contribution is 2.27. The van der Waals surface area contributed by atoms with Crippen LogP contribution in [0.2, 0.25) is 0 Å². The zero-order valence-corrected chi connectivity index (χ0v) is 16.4. The van der Waals surface area contributed by atoms with Crippen molar-refractivity contribution in [1.82, 2.24) is 9.80 Å². The number of carbonyl (C=O) groups excluding carboxylic acids is 1. The van der Waals surface area contributed by atoms with Crippen molar-refractivity contribution in [1.29, 1.82) is 0 Å². The predicted molar refractivity (Wildman–Crippen MR) is 106 cm³/mol. The molecule has 5 nitrogen and oxygen atoms in total. The van der Waals surface area contributed by atoms with Crippen molar-refractivity contribution in [2.45, 2.75) is 50.5 Å². The number of aryl methyl sites for hydroxylation is 1. The van der Waals surface area contributed by atoms with Crippen LogP contribution in [0, 0.1) is 5.92 Å². The first kappa shape index (κ1) is 20.3. The van der Waals surface area contributed by atoms with Gasteiger partial charge in [0.15, 0.2) is 5.60 Å². The van der Waals surface area contributed by atoms with E-state index in [1.165, 1.54) is 5.56 Å². The Kier molecular flexibility index (Phi) is 7.27. The summed E-state index contributed by atoms with van der Waals surface area (Å²) < 4.78 is 0. The lowest BCUT2D eigenvalue weighted by molar-refractivity contribution is -0.160. The molecule has 27 heavy (non-hydrogen) atoms. The summed E-state index contributed by atoms with van der Waals surface area (Å²) in [5, 5.41) is 20.2. The van der Waals surface area contributed by atoms with Crippen LogP contribution in [-0.4, -0.2) is 70.9 Å². The van der Waals surface area contributed by atoms with Gasteiger partial charge in [0.1, 0.15) is 0 Å². The Bertz CT molecular complexity index is 586. The summed E-state index contributed by atoms with van der Waals surface area (Å²) >= 11 is 0. The van der Waals surface area contributed by atoms with Crippen molar-refractivity contribution in [3.05, 3.63) is 35.9 Å². The highest BCUT2D eigenvalue weighted by molar-refractivity contribution is 5.86. The van der Waals surface area contributed by atoms with Crippen molar-refractivity contribution in [2.24, 2.45) is 5.92 Å². The molecular weight excluding hydrogens is 340 g/mol. The van der Waals surface area contributed by atoms with Gasteiger partial charge in [-0.05, 0) is 69.5 Å². The zero-order chi connectivity index (χ0) is 19.1. The second-order valence-electron chi connectivity index (χ2n) is 8.25. The molecule has 1 amide bonds. The van der Waals surface area contributed by atoms with Gasteiger partial charge in [-0.3, -0.25) is 9.69 Å². The van der Waals surface area contributed by atoms with E-state index >= 15 is 0 Å². The number of hydrogen-bond donors (Lipinski definition) is 2. The minimum atomic E-state index is -1.23. The van der Waals surface area contributed by atoms with Crippen molar-refractivity contribution < 1.29 is 15.0 Å². The van der Waals surface area contributed by atoms with Gasteiger partial charge >= 0.3 is 0 Å². The third kappa shape index (κ3) is 5.53. The molecule has 0 unspecified atom stereocenters. The molecule has 0 bridgehead atoms. The Morgan fingerprint density at radius 1 is 1.11 bits per heavy atom. The Morgan fingerprint density at radius 3 is 2.56 bits per heavy atom. The van der Waals surface area contributed by atoms with Gasteiger partial charge in [-0.2, -0.15) is 0 Å². The zero-order valence-electron chi connectivity index (χ0n) is 16.4. The first-order valence-corrected chi connectivity index (χ1v) is 10.5. The van der Waals surface area contributed by atoms with Crippen LogP contribution in [0.25, 0.3) is 0 Å². The van der Waals surface area contributed by atoms with E-state index in [1.807, 2.05) is 23.1 Å². The highest BCUT2D eigenvalue weighted by atomic mass is 16.3. The second kappa shape index (κ2) is 9.67. The molecule has 2 N–H and O–H groups in total. The second-order valence-corrected chi connectivity index (χ2v) is 8.25. The summed E-state index contributed by atoms with van der Waals surface area (Å²) in [6, 6.07) is 10.3. The van der Waals surface area contributed by atoms with Gasteiger partial charge in [-0.25, -0.2) is 0 Å². The number of rotatable bonds is 8. The van der Waals surface area contributed by atoms with Crippen LogP contribution in [0.1, 0.15) is 44.1 Å². The first-order valence-electron chi connectivity index (χ1n) is 10.5. The number of likely N-dealkylation sites (tertiary alicyclic amines) is 2. The maximum atomic E-state index is 12.9. The van der Waals surface area contributed by atoms with Crippen LogP contribution in [0.5, 0.6) is 0 Å². The van der Waals surface area contributed by atoms with Gasteiger partial charge in [-0.15, -0.1) is 0 Å². The summed E-state index contributed by atoms with van der Waals surface area (Å²) in [4.78, 5) is 17.0. The van der Waals surface area contributed by atoms with Crippen LogP contribution in [0.3, 0.4) is 0 Å². The fraction of sp³-hybridized carbons (Fsp3) is 0.682. The molecule has 1 atom stereocenters. The molecule has 1 aromatic rings. The van der Waals surface area contributed by atoms with E-state index in [0.717, 1.165) is 58.2 Å². The molecule has 150 valence electrons. The third-order valence-electron chi connectivity index (χ3n) is 6.17. The maximum absolute atomic E-state index is 12.9. The van der Waals surface area contributed by atoms with Gasteiger partial charge in [0, 0.05) is 26.2 Å². The number of nitrogens with zero attached hydrogens (tertiary/aromatic N) is 2. The molecule has 2 saturated heterocycles. The van der Waals surface area contributed by atoms with Crippen LogP contribution in [-0.2, 0) is 11.2 Å². The topological polar surface area (TPSA) is 64.0 Å². The SMILES string of the molecule is O=C1N(CCCc2ccccc2)CCC[C@@]1(O)CN1CCC(CCO)CC1. The van der Waals surface area contributed by atoms with Crippen molar-refractivity contribution in [2.75, 3.05) is 39.3 Å². The van der Waals surface area contributed by atoms with Crippen LogP contribution < -0.4 is 0 Å². The molecule has 5 heteroatoms. The van der Waals surface area contributed by atoms with E-state index in [0.29, 0.717) is 25.4 Å². The Balaban J connectivity index is 1.48. The van der Waals surface area contributed by atoms with Crippen molar-refractivity contribution >= 4 is 5.91 Å². The van der Waals surface area contributed by atoms with Crippen LogP contribution >= 0.6 is 0 Å². The minimum absolute atomic E-state index is 0.0840. The Labute approximate surface area is 163 Å². The molecule has 2 fully saturated rings. The standard InChI is InChI=1S/C22H34N2O3/c25-17-11-20-9-15-23(16-10-20)18-22(27)12-5-14-24(21(22)26)13-4-8-19-6-2-1-3-7-19/h1-3,6-7,20,25,27H,4-5,8-18H2/t22-/m1/s1. The molecule has 3 rings (SSSR count). The summed E-state index contributed by atoms with van der Waals surface area (Å²) in [5.74, 6) is 0.497. The number of piperidine rings is 2.